The maximum absolute atomic E-state index is 5.87. The number of rotatable bonds is 5. The van der Waals surface area contributed by atoms with Crippen molar-refractivity contribution in [3.8, 4) is 5.75 Å². The largest absolute Gasteiger partial charge is 0.491 e. The third-order valence-corrected chi connectivity index (χ3v) is 3.34. The third-order valence-electron chi connectivity index (χ3n) is 3.34. The van der Waals surface area contributed by atoms with E-state index in [1.807, 2.05) is 63.0 Å². The van der Waals surface area contributed by atoms with E-state index in [1.165, 1.54) is 0 Å². The molecule has 2 rings (SSSR count). The lowest BCUT2D eigenvalue weighted by molar-refractivity contribution is 0.238. The quantitative estimate of drug-likeness (QED) is 0.647. The van der Waals surface area contributed by atoms with E-state index in [-0.39, 0.29) is 12.1 Å². The Bertz CT molecular complexity index is 577. The zero-order valence-electron chi connectivity index (χ0n) is 12.4. The van der Waals surface area contributed by atoms with Crippen LogP contribution in [0.2, 0.25) is 0 Å². The van der Waals surface area contributed by atoms with Crippen LogP contribution in [0.3, 0.4) is 0 Å². The number of aromatic nitrogens is 2. The summed E-state index contributed by atoms with van der Waals surface area (Å²) >= 11 is 0. The first-order valence-corrected chi connectivity index (χ1v) is 6.74. The Hall–Kier alpha value is -1.85. The molecular weight excluding hydrogens is 252 g/mol. The van der Waals surface area contributed by atoms with Gasteiger partial charge in [-0.2, -0.15) is 5.10 Å². The monoisotopic (exact) mass is 274 g/mol. The molecule has 0 fully saturated rings. The topological polar surface area (TPSA) is 65.1 Å². The van der Waals surface area contributed by atoms with E-state index >= 15 is 0 Å². The van der Waals surface area contributed by atoms with E-state index in [0.29, 0.717) is 0 Å². The van der Waals surface area contributed by atoms with Gasteiger partial charge in [-0.1, -0.05) is 18.2 Å². The van der Waals surface area contributed by atoms with Gasteiger partial charge in [0.1, 0.15) is 5.75 Å². The summed E-state index contributed by atoms with van der Waals surface area (Å²) in [7, 11) is 1.92. The van der Waals surface area contributed by atoms with Gasteiger partial charge in [0.25, 0.3) is 0 Å². The fraction of sp³-hybridized carbons (Fsp3) is 0.400. The molecule has 20 heavy (non-hydrogen) atoms. The summed E-state index contributed by atoms with van der Waals surface area (Å²) in [6.45, 7) is 6.05. The van der Waals surface area contributed by atoms with Gasteiger partial charge in [0.2, 0.25) is 0 Å². The highest BCUT2D eigenvalue weighted by Gasteiger charge is 2.21. The standard InChI is InChI=1S/C15H22N4O/c1-10(2)20-14-8-6-5-7-12(14)15(18-16)13-9-17-19(4)11(13)3/h5-10,15,18H,16H2,1-4H3. The normalized spacial score (nSPS) is 12.7. The number of benzene rings is 1. The van der Waals surface area contributed by atoms with Gasteiger partial charge in [0.15, 0.2) is 0 Å². The molecular formula is C15H22N4O. The summed E-state index contributed by atoms with van der Waals surface area (Å²) in [6, 6.07) is 7.79. The van der Waals surface area contributed by atoms with Crippen LogP contribution in [0, 0.1) is 6.92 Å². The third kappa shape index (κ3) is 2.84. The van der Waals surface area contributed by atoms with Crippen LogP contribution in [0.4, 0.5) is 0 Å². The average Bonchev–Trinajstić information content (AvgIpc) is 2.73. The molecule has 1 unspecified atom stereocenters. The molecule has 0 radical (unpaired) electrons. The van der Waals surface area contributed by atoms with Crippen molar-refractivity contribution in [2.75, 3.05) is 0 Å². The number of hydrogen-bond acceptors (Lipinski definition) is 4. The van der Waals surface area contributed by atoms with Gasteiger partial charge in [0, 0.05) is 23.9 Å². The Morgan fingerprint density at radius 2 is 1.95 bits per heavy atom. The molecule has 108 valence electrons. The van der Waals surface area contributed by atoms with Crippen molar-refractivity contribution >= 4 is 0 Å². The van der Waals surface area contributed by atoms with Crippen molar-refractivity contribution in [2.24, 2.45) is 12.9 Å². The van der Waals surface area contributed by atoms with Crippen molar-refractivity contribution in [3.05, 3.63) is 47.3 Å². The fourth-order valence-electron chi connectivity index (χ4n) is 2.23. The van der Waals surface area contributed by atoms with E-state index in [0.717, 1.165) is 22.6 Å². The Labute approximate surface area is 119 Å². The maximum Gasteiger partial charge on any atom is 0.124 e. The molecule has 0 bridgehead atoms. The lowest BCUT2D eigenvalue weighted by atomic mass is 9.99. The summed E-state index contributed by atoms with van der Waals surface area (Å²) in [5, 5.41) is 4.28. The molecule has 0 saturated heterocycles. The lowest BCUT2D eigenvalue weighted by Crippen LogP contribution is -2.29. The van der Waals surface area contributed by atoms with Crippen LogP contribution in [0.15, 0.2) is 30.5 Å². The van der Waals surface area contributed by atoms with Crippen molar-refractivity contribution < 1.29 is 4.74 Å². The van der Waals surface area contributed by atoms with E-state index in [9.17, 15) is 0 Å². The van der Waals surface area contributed by atoms with Crippen molar-refractivity contribution in [2.45, 2.75) is 32.9 Å². The Morgan fingerprint density at radius 1 is 1.25 bits per heavy atom. The molecule has 0 aliphatic carbocycles. The second-order valence-electron chi connectivity index (χ2n) is 5.11. The second-order valence-corrected chi connectivity index (χ2v) is 5.11. The highest BCUT2D eigenvalue weighted by molar-refractivity contribution is 5.42. The first kappa shape index (κ1) is 14.6. The van der Waals surface area contributed by atoms with Crippen molar-refractivity contribution in [1.29, 1.82) is 0 Å². The van der Waals surface area contributed by atoms with E-state index < -0.39 is 0 Å². The molecule has 3 N–H and O–H groups in total. The zero-order chi connectivity index (χ0) is 14.7. The van der Waals surface area contributed by atoms with Crippen LogP contribution in [0.1, 0.15) is 36.7 Å². The SMILES string of the molecule is Cc1c(C(NN)c2ccccc2OC(C)C)cnn1C. The zero-order valence-corrected chi connectivity index (χ0v) is 12.4. The van der Waals surface area contributed by atoms with Crippen molar-refractivity contribution in [1.82, 2.24) is 15.2 Å². The van der Waals surface area contributed by atoms with Gasteiger partial charge < -0.3 is 4.74 Å². The van der Waals surface area contributed by atoms with Gasteiger partial charge in [-0.15, -0.1) is 0 Å². The molecule has 1 heterocycles. The fourth-order valence-corrected chi connectivity index (χ4v) is 2.23. The number of aryl methyl sites for hydroxylation is 1. The van der Waals surface area contributed by atoms with Gasteiger partial charge in [0.05, 0.1) is 18.3 Å². The molecule has 1 aromatic carbocycles. The number of ether oxygens (including phenoxy) is 1. The van der Waals surface area contributed by atoms with Gasteiger partial charge in [-0.3, -0.25) is 10.5 Å². The summed E-state index contributed by atoms with van der Waals surface area (Å²) in [5.74, 6) is 6.61. The van der Waals surface area contributed by atoms with Gasteiger partial charge in [-0.25, -0.2) is 5.43 Å². The minimum atomic E-state index is -0.140. The van der Waals surface area contributed by atoms with Crippen LogP contribution in [0.5, 0.6) is 5.75 Å². The Morgan fingerprint density at radius 3 is 2.50 bits per heavy atom. The predicted molar refractivity (Wildman–Crippen MR) is 79.3 cm³/mol. The molecule has 0 spiro atoms. The van der Waals surface area contributed by atoms with Crippen LogP contribution in [-0.4, -0.2) is 15.9 Å². The first-order chi connectivity index (χ1) is 9.54. The number of nitrogens with two attached hydrogens (primary N) is 1. The van der Waals surface area contributed by atoms with Gasteiger partial charge in [-0.05, 0) is 26.8 Å². The molecule has 0 aliphatic heterocycles. The summed E-state index contributed by atoms with van der Waals surface area (Å²) in [6.07, 6.45) is 1.95. The molecule has 1 atom stereocenters. The minimum absolute atomic E-state index is 0.115. The second kappa shape index (κ2) is 6.07. The molecule has 2 aromatic rings. The van der Waals surface area contributed by atoms with Crippen LogP contribution < -0.4 is 16.0 Å². The van der Waals surface area contributed by atoms with Crippen LogP contribution in [-0.2, 0) is 7.05 Å². The Balaban J connectivity index is 2.44. The number of nitrogens with zero attached hydrogens (tertiary/aromatic N) is 2. The van der Waals surface area contributed by atoms with Crippen LogP contribution in [0.25, 0.3) is 0 Å². The smallest absolute Gasteiger partial charge is 0.124 e. The lowest BCUT2D eigenvalue weighted by Gasteiger charge is -2.21. The summed E-state index contributed by atoms with van der Waals surface area (Å²) in [5.41, 5.74) is 6.01. The molecule has 5 nitrogen and oxygen atoms in total. The van der Waals surface area contributed by atoms with E-state index in [4.69, 9.17) is 10.6 Å². The molecule has 0 saturated carbocycles. The highest BCUT2D eigenvalue weighted by Crippen LogP contribution is 2.31. The molecule has 5 heteroatoms. The van der Waals surface area contributed by atoms with Gasteiger partial charge >= 0.3 is 0 Å². The Kier molecular flexibility index (Phi) is 4.42. The highest BCUT2D eigenvalue weighted by atomic mass is 16.5. The first-order valence-electron chi connectivity index (χ1n) is 6.74. The number of nitrogens with one attached hydrogen (secondary N) is 1. The van der Waals surface area contributed by atoms with Crippen LogP contribution >= 0.6 is 0 Å². The number of para-hydroxylation sites is 1. The average molecular weight is 274 g/mol. The molecule has 0 aliphatic rings. The summed E-state index contributed by atoms with van der Waals surface area (Å²) in [4.78, 5) is 0. The number of hydrogen-bond donors (Lipinski definition) is 2. The molecule has 1 aromatic heterocycles. The summed E-state index contributed by atoms with van der Waals surface area (Å²) < 4.78 is 7.71. The maximum atomic E-state index is 5.87. The van der Waals surface area contributed by atoms with E-state index in [1.54, 1.807) is 0 Å². The number of hydrazine groups is 1. The van der Waals surface area contributed by atoms with E-state index in [2.05, 4.69) is 10.5 Å². The van der Waals surface area contributed by atoms with Crippen molar-refractivity contribution in [3.63, 3.8) is 0 Å². The molecule has 0 amide bonds. The predicted octanol–water partition coefficient (Wildman–Crippen LogP) is 2.07. The minimum Gasteiger partial charge on any atom is -0.491 e.